The van der Waals surface area contributed by atoms with Gasteiger partial charge in [0.05, 0.1) is 0 Å². The molecule has 0 aliphatic rings. The molecule has 2 aromatic heterocycles. The van der Waals surface area contributed by atoms with Gasteiger partial charge in [-0.25, -0.2) is 14.6 Å². The molecule has 6 nitrogen and oxygen atoms in total. The van der Waals surface area contributed by atoms with E-state index in [2.05, 4.69) is 15.1 Å². The number of halogens is 1. The number of pyridine rings is 1. The molecule has 0 bridgehead atoms. The molecule has 0 aliphatic heterocycles. The predicted molar refractivity (Wildman–Crippen MR) is 73.4 cm³/mol. The van der Waals surface area contributed by atoms with E-state index in [1.807, 2.05) is 20.8 Å². The topological polar surface area (TPSA) is 69.9 Å². The average molecular weight is 295 g/mol. The minimum atomic E-state index is -0.927. The summed E-state index contributed by atoms with van der Waals surface area (Å²) in [5.74, 6) is 0.125. The maximum absolute atomic E-state index is 12.5. The zero-order valence-corrected chi connectivity index (χ0v) is 12.2. The molecule has 0 aromatic carbocycles. The van der Waals surface area contributed by atoms with E-state index in [-0.39, 0.29) is 11.7 Å². The number of hydrogen-bond acceptors (Lipinski definition) is 5. The van der Waals surface area contributed by atoms with E-state index in [1.54, 1.807) is 18.2 Å². The van der Waals surface area contributed by atoms with Crippen molar-refractivity contribution in [2.24, 2.45) is 5.41 Å². The van der Waals surface area contributed by atoms with Gasteiger partial charge in [-0.05, 0) is 6.07 Å². The summed E-state index contributed by atoms with van der Waals surface area (Å²) in [4.78, 5) is 20.3. The van der Waals surface area contributed by atoms with Gasteiger partial charge in [0.15, 0.2) is 0 Å². The monoisotopic (exact) mass is 294 g/mol. The maximum Gasteiger partial charge on any atom is 0.253 e. The summed E-state index contributed by atoms with van der Waals surface area (Å²) in [5, 5.41) is 4.26. The molecule has 0 N–H and O–H groups in total. The Bertz CT molecular complexity index is 593. The van der Waals surface area contributed by atoms with Crippen LogP contribution in [0.1, 0.15) is 27.0 Å². The fourth-order valence-corrected chi connectivity index (χ4v) is 1.66. The number of aromatic nitrogens is 4. The van der Waals surface area contributed by atoms with Gasteiger partial charge in [-0.1, -0.05) is 38.4 Å². The van der Waals surface area contributed by atoms with Crippen LogP contribution in [0.5, 0.6) is 5.88 Å². The predicted octanol–water partition coefficient (Wildman–Crippen LogP) is 2.52. The molecule has 0 saturated carbocycles. The minimum Gasteiger partial charge on any atom is -0.444 e. The van der Waals surface area contributed by atoms with Crippen molar-refractivity contribution in [2.75, 3.05) is 0 Å². The normalized spacial score (nSPS) is 13.0. The van der Waals surface area contributed by atoms with E-state index in [0.717, 1.165) is 0 Å². The molecule has 0 fully saturated rings. The van der Waals surface area contributed by atoms with Gasteiger partial charge in [0.1, 0.15) is 17.8 Å². The molecule has 2 heterocycles. The van der Waals surface area contributed by atoms with Gasteiger partial charge in [-0.3, -0.25) is 4.79 Å². The molecule has 1 unspecified atom stereocenters. The van der Waals surface area contributed by atoms with Gasteiger partial charge in [0, 0.05) is 11.5 Å². The Hall–Kier alpha value is -1.95. The van der Waals surface area contributed by atoms with Crippen molar-refractivity contribution < 1.29 is 9.53 Å². The van der Waals surface area contributed by atoms with Gasteiger partial charge in [-0.2, -0.15) is 5.10 Å². The molecule has 0 aliphatic carbocycles. The van der Waals surface area contributed by atoms with Crippen molar-refractivity contribution in [3.8, 4) is 5.88 Å². The minimum absolute atomic E-state index is 0.134. The summed E-state index contributed by atoms with van der Waals surface area (Å²) in [7, 11) is 0. The smallest absolute Gasteiger partial charge is 0.253 e. The van der Waals surface area contributed by atoms with Crippen molar-refractivity contribution in [1.82, 2.24) is 19.7 Å². The van der Waals surface area contributed by atoms with E-state index in [1.165, 1.54) is 17.3 Å². The second-order valence-electron chi connectivity index (χ2n) is 5.26. The fraction of sp³-hybridized carbons (Fsp3) is 0.385. The highest BCUT2D eigenvalue weighted by atomic mass is 35.5. The van der Waals surface area contributed by atoms with Crippen molar-refractivity contribution in [3.05, 3.63) is 36.0 Å². The van der Waals surface area contributed by atoms with E-state index >= 15 is 0 Å². The van der Waals surface area contributed by atoms with Gasteiger partial charge in [-0.15, -0.1) is 0 Å². The Morgan fingerprint density at radius 1 is 1.40 bits per heavy atom. The lowest BCUT2D eigenvalue weighted by molar-refractivity contribution is -0.138. The number of ketones is 1. The van der Waals surface area contributed by atoms with Crippen molar-refractivity contribution >= 4 is 17.4 Å². The molecule has 106 valence electrons. The molecule has 1 atom stereocenters. The van der Waals surface area contributed by atoms with Crippen molar-refractivity contribution in [2.45, 2.75) is 27.0 Å². The largest absolute Gasteiger partial charge is 0.444 e. The second-order valence-corrected chi connectivity index (χ2v) is 5.65. The third-order valence-corrected chi connectivity index (χ3v) is 2.77. The van der Waals surface area contributed by atoms with Crippen LogP contribution in [0.2, 0.25) is 5.15 Å². The number of carbonyl (C=O) groups excluding carboxylic acids is 1. The van der Waals surface area contributed by atoms with Crippen LogP contribution >= 0.6 is 11.6 Å². The highest BCUT2D eigenvalue weighted by molar-refractivity contribution is 6.29. The van der Waals surface area contributed by atoms with Crippen LogP contribution in [0, 0.1) is 5.41 Å². The SMILES string of the molecule is CC(C)(C)C(=O)C(Oc1cccc(Cl)n1)n1cncn1. The van der Waals surface area contributed by atoms with E-state index in [9.17, 15) is 4.79 Å². The Morgan fingerprint density at radius 2 is 2.15 bits per heavy atom. The van der Waals surface area contributed by atoms with Crippen LogP contribution in [-0.4, -0.2) is 25.5 Å². The van der Waals surface area contributed by atoms with Crippen LogP contribution in [0.15, 0.2) is 30.9 Å². The molecule has 2 aromatic rings. The highest BCUT2D eigenvalue weighted by Crippen LogP contribution is 2.25. The summed E-state index contributed by atoms with van der Waals surface area (Å²) >= 11 is 5.81. The number of ether oxygens (including phenoxy) is 1. The summed E-state index contributed by atoms with van der Waals surface area (Å²) < 4.78 is 7.00. The maximum atomic E-state index is 12.5. The quantitative estimate of drug-likeness (QED) is 0.810. The number of Topliss-reactive ketones (excluding diaryl/α,β-unsaturated/α-hetero) is 1. The van der Waals surface area contributed by atoms with Crippen LogP contribution in [0.4, 0.5) is 0 Å². The average Bonchev–Trinajstić information content (AvgIpc) is 2.87. The summed E-state index contributed by atoms with van der Waals surface area (Å²) in [6.45, 7) is 5.44. The van der Waals surface area contributed by atoms with E-state index in [4.69, 9.17) is 16.3 Å². The summed E-state index contributed by atoms with van der Waals surface area (Å²) in [6, 6.07) is 4.96. The zero-order valence-electron chi connectivity index (χ0n) is 11.4. The molecule has 0 radical (unpaired) electrons. The van der Waals surface area contributed by atoms with Gasteiger partial charge < -0.3 is 4.74 Å². The first-order valence-electron chi connectivity index (χ1n) is 6.05. The van der Waals surface area contributed by atoms with E-state index < -0.39 is 11.6 Å². The summed E-state index contributed by atoms with van der Waals surface area (Å²) in [6.07, 6.45) is 1.85. The summed E-state index contributed by atoms with van der Waals surface area (Å²) in [5.41, 5.74) is -0.588. The number of rotatable bonds is 4. The molecule has 0 spiro atoms. The third kappa shape index (κ3) is 3.33. The Labute approximate surface area is 121 Å². The van der Waals surface area contributed by atoms with Crippen LogP contribution in [0.3, 0.4) is 0 Å². The Morgan fingerprint density at radius 3 is 2.70 bits per heavy atom. The van der Waals surface area contributed by atoms with Crippen LogP contribution in [-0.2, 0) is 4.79 Å². The standard InChI is InChI=1S/C13H15ClN4O2/c1-13(2,3)11(19)12(18-8-15-7-16-18)20-10-6-4-5-9(14)17-10/h4-8,12H,1-3H3. The molecule has 0 amide bonds. The van der Waals surface area contributed by atoms with Crippen molar-refractivity contribution in [3.63, 3.8) is 0 Å². The van der Waals surface area contributed by atoms with E-state index in [0.29, 0.717) is 5.15 Å². The molecule has 20 heavy (non-hydrogen) atoms. The first-order chi connectivity index (χ1) is 9.38. The number of carbonyl (C=O) groups is 1. The lowest BCUT2D eigenvalue weighted by Gasteiger charge is -2.24. The number of nitrogens with zero attached hydrogens (tertiary/aromatic N) is 4. The Balaban J connectivity index is 2.31. The first kappa shape index (κ1) is 14.5. The lowest BCUT2D eigenvalue weighted by atomic mass is 9.90. The number of hydrogen-bond donors (Lipinski definition) is 0. The molecular formula is C13H15ClN4O2. The highest BCUT2D eigenvalue weighted by Gasteiger charge is 2.33. The second kappa shape index (κ2) is 5.58. The zero-order chi connectivity index (χ0) is 14.8. The van der Waals surface area contributed by atoms with Gasteiger partial charge in [0.25, 0.3) is 6.23 Å². The van der Waals surface area contributed by atoms with Gasteiger partial charge in [0.2, 0.25) is 11.7 Å². The Kier molecular flexibility index (Phi) is 4.04. The molecule has 7 heteroatoms. The van der Waals surface area contributed by atoms with Crippen LogP contribution < -0.4 is 4.74 Å². The molecular weight excluding hydrogens is 280 g/mol. The molecule has 2 rings (SSSR count). The van der Waals surface area contributed by atoms with Crippen molar-refractivity contribution in [1.29, 1.82) is 0 Å². The van der Waals surface area contributed by atoms with Crippen LogP contribution in [0.25, 0.3) is 0 Å². The first-order valence-corrected chi connectivity index (χ1v) is 6.43. The third-order valence-electron chi connectivity index (χ3n) is 2.56. The lowest BCUT2D eigenvalue weighted by Crippen LogP contribution is -2.34. The molecule has 0 saturated heterocycles. The van der Waals surface area contributed by atoms with Gasteiger partial charge >= 0.3 is 0 Å². The fourth-order valence-electron chi connectivity index (χ4n) is 1.51.